The zero-order valence-electron chi connectivity index (χ0n) is 50.7. The summed E-state index contributed by atoms with van der Waals surface area (Å²) >= 11 is 0. The van der Waals surface area contributed by atoms with Gasteiger partial charge in [-0.2, -0.15) is 0 Å². The maximum absolute atomic E-state index is 9.35. The number of para-hydroxylation sites is 4. The van der Waals surface area contributed by atoms with Crippen LogP contribution in [0.25, 0.3) is 71.8 Å². The second kappa shape index (κ2) is 17.8. The van der Waals surface area contributed by atoms with Crippen molar-refractivity contribution in [2.24, 2.45) is 0 Å². The molecule has 0 saturated heterocycles. The van der Waals surface area contributed by atoms with E-state index in [-0.39, 0.29) is 51.4 Å². The van der Waals surface area contributed by atoms with Gasteiger partial charge in [-0.1, -0.05) is 180 Å². The van der Waals surface area contributed by atoms with Gasteiger partial charge in [0.05, 0.1) is 40.3 Å². The summed E-state index contributed by atoms with van der Waals surface area (Å²) in [5.41, 5.74) is 13.5. The average molecular weight is 1000 g/mol. The van der Waals surface area contributed by atoms with Gasteiger partial charge in [0.25, 0.3) is 0 Å². The van der Waals surface area contributed by atoms with Crippen LogP contribution in [0.2, 0.25) is 0 Å². The Bertz CT molecular complexity index is 4310. The zero-order valence-corrected chi connectivity index (χ0v) is 45.7. The van der Waals surface area contributed by atoms with Crippen molar-refractivity contribution >= 4 is 66.5 Å². The number of hydrogen-bond donors (Lipinski definition) is 0. The van der Waals surface area contributed by atoms with E-state index in [1.165, 1.54) is 16.7 Å². The van der Waals surface area contributed by atoms with Gasteiger partial charge in [-0.05, 0) is 122 Å². The van der Waals surface area contributed by atoms with Crippen molar-refractivity contribution in [2.75, 3.05) is 16.5 Å². The minimum atomic E-state index is -0.428. The zero-order chi connectivity index (χ0) is 57.4. The van der Waals surface area contributed by atoms with Crippen LogP contribution in [0.5, 0.6) is 11.5 Å². The Balaban J connectivity index is 1.03. The molecule has 0 atom stereocenters. The van der Waals surface area contributed by atoms with E-state index in [9.17, 15) is 2.74 Å². The van der Waals surface area contributed by atoms with Crippen molar-refractivity contribution in [3.05, 3.63) is 204 Å². The van der Waals surface area contributed by atoms with Crippen molar-refractivity contribution in [3.63, 3.8) is 0 Å². The summed E-state index contributed by atoms with van der Waals surface area (Å²) in [6.45, 7) is 27.0. The first-order valence-electron chi connectivity index (χ1n) is 29.0. The van der Waals surface area contributed by atoms with Crippen LogP contribution < -0.4 is 14.5 Å². The maximum Gasteiger partial charge on any atom is 0.145 e. The van der Waals surface area contributed by atoms with Gasteiger partial charge >= 0.3 is 0 Å². The van der Waals surface area contributed by atoms with Gasteiger partial charge in [0.15, 0.2) is 0 Å². The molecule has 0 unspecified atom stereocenters. The molecular formula is C70H68N4O2. The molecule has 0 amide bonds. The van der Waals surface area contributed by atoms with Crippen LogP contribution in [0.1, 0.15) is 112 Å². The van der Waals surface area contributed by atoms with Crippen LogP contribution in [-0.4, -0.2) is 16.2 Å². The fourth-order valence-electron chi connectivity index (χ4n) is 10.9. The quantitative estimate of drug-likeness (QED) is 0.159. The molecule has 380 valence electrons. The highest BCUT2D eigenvalue weighted by atomic mass is 16.5. The number of anilines is 4. The number of nitrogens with zero attached hydrogens (tertiary/aromatic N) is 4. The number of hydrogen-bond acceptors (Lipinski definition) is 5. The summed E-state index contributed by atoms with van der Waals surface area (Å²) in [6.07, 6.45) is 1.90. The number of fused-ring (bicyclic) bond motifs is 8. The number of benzene rings is 8. The van der Waals surface area contributed by atoms with Crippen LogP contribution in [0, 0.1) is 0 Å². The lowest BCUT2D eigenvalue weighted by atomic mass is 9.78. The third-order valence-electron chi connectivity index (χ3n) is 15.2. The lowest BCUT2D eigenvalue weighted by molar-refractivity contribution is 0.479. The molecule has 0 spiro atoms. The number of pyridine rings is 1. The molecule has 6 nitrogen and oxygen atoms in total. The number of ether oxygens (including phenoxy) is 1. The summed E-state index contributed by atoms with van der Waals surface area (Å²) in [4.78, 5) is 9.54. The summed E-state index contributed by atoms with van der Waals surface area (Å²) in [5.74, 6) is 2.12. The molecule has 1 aliphatic heterocycles. The van der Waals surface area contributed by atoms with Crippen LogP contribution in [0.3, 0.4) is 0 Å². The lowest BCUT2D eigenvalue weighted by Gasteiger charge is -2.30. The molecule has 0 radical (unpaired) electrons. The fraction of sp³-hybridized carbons (Fsp3) is 0.243. The molecule has 8 aromatic carbocycles. The Labute approximate surface area is 455 Å². The first-order chi connectivity index (χ1) is 38.3. The Hall–Kier alpha value is -8.09. The summed E-state index contributed by atoms with van der Waals surface area (Å²) < 4.78 is 61.0. The monoisotopic (exact) mass is 1000 g/mol. The van der Waals surface area contributed by atoms with E-state index in [2.05, 4.69) is 195 Å². The first-order valence-corrected chi connectivity index (χ1v) is 26.5. The molecule has 3 aromatic heterocycles. The van der Waals surface area contributed by atoms with E-state index in [0.717, 1.165) is 89.0 Å². The van der Waals surface area contributed by atoms with Crippen LogP contribution in [0.15, 0.2) is 186 Å². The predicted octanol–water partition coefficient (Wildman–Crippen LogP) is 19.6. The van der Waals surface area contributed by atoms with Gasteiger partial charge in [-0.3, -0.25) is 4.57 Å². The third kappa shape index (κ3) is 8.58. The second-order valence-electron chi connectivity index (χ2n) is 24.7. The van der Waals surface area contributed by atoms with E-state index in [1.54, 1.807) is 0 Å². The molecule has 1 aliphatic rings. The van der Waals surface area contributed by atoms with Crippen molar-refractivity contribution in [1.29, 1.82) is 0 Å². The minimum Gasteiger partial charge on any atom is -0.457 e. The van der Waals surface area contributed by atoms with Crippen molar-refractivity contribution < 1.29 is 16.0 Å². The average Bonchev–Trinajstić information content (AvgIpc) is 4.32. The topological polar surface area (TPSA) is 46.7 Å². The summed E-state index contributed by atoms with van der Waals surface area (Å²) in [6, 6.07) is 49.0. The van der Waals surface area contributed by atoms with E-state index in [1.807, 2.05) is 54.7 Å². The molecule has 11 aromatic rings. The van der Waals surface area contributed by atoms with E-state index in [0.29, 0.717) is 23.7 Å². The summed E-state index contributed by atoms with van der Waals surface area (Å²) in [7, 11) is 0. The largest absolute Gasteiger partial charge is 0.457 e. The second-order valence-corrected chi connectivity index (χ2v) is 24.7. The van der Waals surface area contributed by atoms with Gasteiger partial charge in [0.2, 0.25) is 0 Å². The molecule has 0 bridgehead atoms. The normalized spacial score (nSPS) is 14.3. The Morgan fingerprint density at radius 1 is 0.500 bits per heavy atom. The number of aromatic nitrogens is 2. The Morgan fingerprint density at radius 3 is 1.83 bits per heavy atom. The highest BCUT2D eigenvalue weighted by Gasteiger charge is 2.33. The SMILES string of the molecule is [2H]c1c([2H])c([2H])c(-c2cccc(-c3cc(C(C)(C)C)cc(C(C)(C)C)c3)c2N2CN(c3cc(Oc4ccc5c6c7oc8ccccc8c7ccc6n(-c6cc(C(C)(C)C)ccn6)c5c4)cc(C(C)(C)C)c3)c3ccccc32)c([2H])c1[2H]. The van der Waals surface area contributed by atoms with Crippen LogP contribution in [0.4, 0.5) is 22.7 Å². The van der Waals surface area contributed by atoms with Gasteiger partial charge < -0.3 is 19.0 Å². The summed E-state index contributed by atoms with van der Waals surface area (Å²) in [5, 5.41) is 4.16. The highest BCUT2D eigenvalue weighted by Crippen LogP contribution is 2.52. The van der Waals surface area contributed by atoms with Crippen molar-refractivity contribution in [1.82, 2.24) is 9.55 Å². The molecule has 0 aliphatic carbocycles. The van der Waals surface area contributed by atoms with Gasteiger partial charge in [-0.15, -0.1) is 0 Å². The van der Waals surface area contributed by atoms with Gasteiger partial charge in [0, 0.05) is 51.3 Å². The molecule has 0 N–H and O–H groups in total. The van der Waals surface area contributed by atoms with E-state index >= 15 is 0 Å². The van der Waals surface area contributed by atoms with Gasteiger partial charge in [-0.25, -0.2) is 4.98 Å². The molecule has 76 heavy (non-hydrogen) atoms. The molecule has 0 saturated carbocycles. The highest BCUT2D eigenvalue weighted by molar-refractivity contribution is 6.24. The minimum absolute atomic E-state index is 0.108. The molecule has 4 heterocycles. The Morgan fingerprint density at radius 2 is 1.13 bits per heavy atom. The maximum atomic E-state index is 9.35. The van der Waals surface area contributed by atoms with Gasteiger partial charge in [0.1, 0.15) is 35.2 Å². The molecular weight excluding hydrogens is 929 g/mol. The van der Waals surface area contributed by atoms with Crippen LogP contribution in [-0.2, 0) is 21.7 Å². The first kappa shape index (κ1) is 43.2. The number of furan rings is 1. The predicted molar refractivity (Wildman–Crippen MR) is 320 cm³/mol. The smallest absolute Gasteiger partial charge is 0.145 e. The lowest BCUT2D eigenvalue weighted by Crippen LogP contribution is -2.25. The van der Waals surface area contributed by atoms with E-state index < -0.39 is 6.04 Å². The van der Waals surface area contributed by atoms with E-state index in [4.69, 9.17) is 18.3 Å². The molecule has 0 fully saturated rings. The number of rotatable bonds is 7. The molecule has 6 heteroatoms. The fourth-order valence-corrected chi connectivity index (χ4v) is 10.9. The van der Waals surface area contributed by atoms with Crippen molar-refractivity contribution in [3.8, 4) is 39.6 Å². The Kier molecular flexibility index (Phi) is 10.1. The molecule has 12 rings (SSSR count). The standard InChI is InChI=1S/C70H68N4O2/c1-67(2,3)46-33-34-71-63(40-46)74-60-32-31-56-55-23-16-19-28-62(55)76-66(56)64(60)57-30-29-51(42-61(57)74)75-52-39-49(70(10,11)12)38-50(41-52)72-43-73(59-27-18-17-26-58(59)72)65-53(44-21-14-13-15-22-44)24-20-25-54(65)45-35-47(68(4,5)6)37-48(36-45)69(7,8)9/h13-42H,43H2,1-12H3/i13D,14D,15D,21D,22D. The van der Waals surface area contributed by atoms with Crippen LogP contribution >= 0.6 is 0 Å². The van der Waals surface area contributed by atoms with Crippen molar-refractivity contribution in [2.45, 2.75) is 105 Å². The third-order valence-corrected chi connectivity index (χ3v) is 15.2.